The number of hydrogen-bond acceptors (Lipinski definition) is 2. The van der Waals surface area contributed by atoms with Crippen LogP contribution in [-0.4, -0.2) is 11.0 Å². The molecule has 2 heterocycles. The smallest absolute Gasteiger partial charge is 0.129 e. The zero-order chi connectivity index (χ0) is 8.55. The maximum atomic E-state index is 4.45. The second kappa shape index (κ2) is 2.77. The van der Waals surface area contributed by atoms with Gasteiger partial charge in [-0.2, -0.15) is 0 Å². The molecule has 1 aliphatic heterocycles. The molecule has 0 saturated carbocycles. The Hall–Kier alpha value is -1.05. The van der Waals surface area contributed by atoms with E-state index in [1.165, 1.54) is 12.0 Å². The highest BCUT2D eigenvalue weighted by Gasteiger charge is 2.14. The van der Waals surface area contributed by atoms with Gasteiger partial charge in [0.15, 0.2) is 0 Å². The first-order valence-electron chi connectivity index (χ1n) is 4.49. The number of anilines is 1. The quantitative estimate of drug-likeness (QED) is 0.632. The van der Waals surface area contributed by atoms with Crippen molar-refractivity contribution >= 4 is 5.82 Å². The lowest BCUT2D eigenvalue weighted by Crippen LogP contribution is -2.22. The van der Waals surface area contributed by atoms with E-state index >= 15 is 0 Å². The van der Waals surface area contributed by atoms with E-state index in [0.29, 0.717) is 6.04 Å². The summed E-state index contributed by atoms with van der Waals surface area (Å²) in [5, 5.41) is 3.39. The Balaban J connectivity index is 2.37. The standard InChI is InChI=1S/C10H14N2/c1-7-3-5-9-6-4-8(2)12-10(9)11-7/h3,5,8H,4,6H2,1-2H3,(H,11,12)/t8-/m1/s1. The molecule has 0 radical (unpaired) electrons. The molecule has 64 valence electrons. The van der Waals surface area contributed by atoms with Crippen LogP contribution >= 0.6 is 0 Å². The van der Waals surface area contributed by atoms with Crippen molar-refractivity contribution in [2.24, 2.45) is 0 Å². The second-order valence-corrected chi connectivity index (χ2v) is 3.54. The highest BCUT2D eigenvalue weighted by Crippen LogP contribution is 2.22. The van der Waals surface area contributed by atoms with Crippen LogP contribution in [0, 0.1) is 6.92 Å². The fourth-order valence-corrected chi connectivity index (χ4v) is 1.59. The highest BCUT2D eigenvalue weighted by molar-refractivity contribution is 5.47. The van der Waals surface area contributed by atoms with Crippen molar-refractivity contribution in [3.8, 4) is 0 Å². The summed E-state index contributed by atoms with van der Waals surface area (Å²) in [4.78, 5) is 4.45. The average molecular weight is 162 g/mol. The van der Waals surface area contributed by atoms with Gasteiger partial charge in [0.2, 0.25) is 0 Å². The van der Waals surface area contributed by atoms with E-state index in [1.807, 2.05) is 6.92 Å². The average Bonchev–Trinajstić information content (AvgIpc) is 2.03. The van der Waals surface area contributed by atoms with Crippen LogP contribution in [0.15, 0.2) is 12.1 Å². The molecule has 0 spiro atoms. The van der Waals surface area contributed by atoms with Crippen LogP contribution in [0.2, 0.25) is 0 Å². The summed E-state index contributed by atoms with van der Waals surface area (Å²) >= 11 is 0. The third-order valence-electron chi connectivity index (χ3n) is 2.35. The van der Waals surface area contributed by atoms with Crippen molar-refractivity contribution in [1.82, 2.24) is 4.98 Å². The van der Waals surface area contributed by atoms with Crippen molar-refractivity contribution < 1.29 is 0 Å². The maximum absolute atomic E-state index is 4.45. The van der Waals surface area contributed by atoms with E-state index in [4.69, 9.17) is 0 Å². The Morgan fingerprint density at radius 1 is 1.50 bits per heavy atom. The fourth-order valence-electron chi connectivity index (χ4n) is 1.59. The first-order chi connectivity index (χ1) is 5.75. The number of nitrogens with one attached hydrogen (secondary N) is 1. The third-order valence-corrected chi connectivity index (χ3v) is 2.35. The van der Waals surface area contributed by atoms with E-state index in [9.17, 15) is 0 Å². The summed E-state index contributed by atoms with van der Waals surface area (Å²) in [5.41, 5.74) is 2.45. The number of hydrogen-bond donors (Lipinski definition) is 1. The van der Waals surface area contributed by atoms with Crippen LogP contribution < -0.4 is 5.32 Å². The molecule has 0 aromatic carbocycles. The van der Waals surface area contributed by atoms with Crippen LogP contribution in [0.3, 0.4) is 0 Å². The van der Waals surface area contributed by atoms with E-state index in [1.54, 1.807) is 0 Å². The number of pyridine rings is 1. The molecule has 2 heteroatoms. The zero-order valence-corrected chi connectivity index (χ0v) is 7.59. The van der Waals surface area contributed by atoms with Crippen molar-refractivity contribution in [3.63, 3.8) is 0 Å². The Morgan fingerprint density at radius 2 is 2.33 bits per heavy atom. The largest absolute Gasteiger partial charge is 0.367 e. The maximum Gasteiger partial charge on any atom is 0.129 e. The number of aromatic nitrogens is 1. The Kier molecular flexibility index (Phi) is 1.75. The minimum Gasteiger partial charge on any atom is -0.367 e. The number of fused-ring (bicyclic) bond motifs is 1. The van der Waals surface area contributed by atoms with E-state index < -0.39 is 0 Å². The van der Waals surface area contributed by atoms with Crippen molar-refractivity contribution in [2.75, 3.05) is 5.32 Å². The van der Waals surface area contributed by atoms with E-state index in [2.05, 4.69) is 29.4 Å². The fraction of sp³-hybridized carbons (Fsp3) is 0.500. The Morgan fingerprint density at radius 3 is 3.17 bits per heavy atom. The molecule has 2 nitrogen and oxygen atoms in total. The highest BCUT2D eigenvalue weighted by atomic mass is 15.0. The topological polar surface area (TPSA) is 24.9 Å². The molecular weight excluding hydrogens is 148 g/mol. The van der Waals surface area contributed by atoms with Crippen LogP contribution in [0.1, 0.15) is 24.6 Å². The minimum absolute atomic E-state index is 0.576. The molecule has 1 atom stereocenters. The summed E-state index contributed by atoms with van der Waals surface area (Å²) in [5.74, 6) is 1.09. The summed E-state index contributed by atoms with van der Waals surface area (Å²) in [6.45, 7) is 4.23. The molecule has 1 aromatic heterocycles. The van der Waals surface area contributed by atoms with Crippen LogP contribution in [-0.2, 0) is 6.42 Å². The molecule has 0 amide bonds. The molecule has 2 rings (SSSR count). The summed E-state index contributed by atoms with van der Waals surface area (Å²) in [7, 11) is 0. The Bertz CT molecular complexity index is 294. The number of rotatable bonds is 0. The molecule has 0 aliphatic carbocycles. The molecule has 1 N–H and O–H groups in total. The van der Waals surface area contributed by atoms with Crippen LogP contribution in [0.4, 0.5) is 5.82 Å². The zero-order valence-electron chi connectivity index (χ0n) is 7.59. The van der Waals surface area contributed by atoms with Crippen molar-refractivity contribution in [3.05, 3.63) is 23.4 Å². The normalized spacial score (nSPS) is 21.3. The molecule has 0 saturated heterocycles. The number of aryl methyl sites for hydroxylation is 2. The molecule has 0 fully saturated rings. The lowest BCUT2D eigenvalue weighted by atomic mass is 10.0. The van der Waals surface area contributed by atoms with Gasteiger partial charge in [-0.15, -0.1) is 0 Å². The second-order valence-electron chi connectivity index (χ2n) is 3.54. The van der Waals surface area contributed by atoms with Gasteiger partial charge in [-0.1, -0.05) is 6.07 Å². The Labute approximate surface area is 73.0 Å². The molecule has 1 aromatic rings. The van der Waals surface area contributed by atoms with Crippen molar-refractivity contribution in [1.29, 1.82) is 0 Å². The van der Waals surface area contributed by atoms with Gasteiger partial charge in [0.05, 0.1) is 0 Å². The monoisotopic (exact) mass is 162 g/mol. The first-order valence-corrected chi connectivity index (χ1v) is 4.49. The summed E-state index contributed by atoms with van der Waals surface area (Å²) < 4.78 is 0. The van der Waals surface area contributed by atoms with Gasteiger partial charge in [0, 0.05) is 11.7 Å². The van der Waals surface area contributed by atoms with Gasteiger partial charge >= 0.3 is 0 Å². The number of nitrogens with zero attached hydrogens (tertiary/aromatic N) is 1. The lowest BCUT2D eigenvalue weighted by molar-refractivity contribution is 0.673. The van der Waals surface area contributed by atoms with Gasteiger partial charge in [-0.05, 0) is 38.3 Å². The van der Waals surface area contributed by atoms with Gasteiger partial charge in [0.1, 0.15) is 5.82 Å². The molecule has 0 unspecified atom stereocenters. The molecule has 1 aliphatic rings. The summed E-state index contributed by atoms with van der Waals surface area (Å²) in [6, 6.07) is 4.83. The van der Waals surface area contributed by atoms with Gasteiger partial charge in [-0.25, -0.2) is 4.98 Å². The van der Waals surface area contributed by atoms with Gasteiger partial charge in [0.25, 0.3) is 0 Å². The van der Waals surface area contributed by atoms with Gasteiger partial charge in [-0.3, -0.25) is 0 Å². The van der Waals surface area contributed by atoms with E-state index in [0.717, 1.165) is 17.9 Å². The minimum atomic E-state index is 0.576. The summed E-state index contributed by atoms with van der Waals surface area (Å²) in [6.07, 6.45) is 2.38. The van der Waals surface area contributed by atoms with Gasteiger partial charge < -0.3 is 5.32 Å². The SMILES string of the molecule is Cc1ccc2c(n1)N[C@H](C)CC2. The third kappa shape index (κ3) is 1.29. The molecule has 12 heavy (non-hydrogen) atoms. The van der Waals surface area contributed by atoms with E-state index in [-0.39, 0.29) is 0 Å². The molecular formula is C10H14N2. The first kappa shape index (κ1) is 7.59. The van der Waals surface area contributed by atoms with Crippen LogP contribution in [0.5, 0.6) is 0 Å². The van der Waals surface area contributed by atoms with Crippen molar-refractivity contribution in [2.45, 2.75) is 32.7 Å². The molecule has 0 bridgehead atoms. The van der Waals surface area contributed by atoms with Crippen LogP contribution in [0.25, 0.3) is 0 Å². The predicted octanol–water partition coefficient (Wildman–Crippen LogP) is 2.14. The predicted molar refractivity (Wildman–Crippen MR) is 50.4 cm³/mol. The lowest BCUT2D eigenvalue weighted by Gasteiger charge is -2.22.